The minimum absolute atomic E-state index is 0.164. The van der Waals surface area contributed by atoms with Crippen molar-refractivity contribution < 1.29 is 4.79 Å². The van der Waals surface area contributed by atoms with Gasteiger partial charge in [0.25, 0.3) is 0 Å². The quantitative estimate of drug-likeness (QED) is 0.269. The fourth-order valence-corrected chi connectivity index (χ4v) is 5.26. The van der Waals surface area contributed by atoms with Crippen molar-refractivity contribution >= 4 is 57.1 Å². The summed E-state index contributed by atoms with van der Waals surface area (Å²) in [4.78, 5) is 16.9. The lowest BCUT2D eigenvalue weighted by Crippen LogP contribution is -2.14. The molecule has 0 bridgehead atoms. The van der Waals surface area contributed by atoms with Crippen LogP contribution in [0.15, 0.2) is 58.3 Å². The second-order valence-electron chi connectivity index (χ2n) is 6.35. The molecule has 0 saturated carbocycles. The molecule has 31 heavy (non-hydrogen) atoms. The molecular weight excluding hydrogens is 470 g/mol. The molecule has 2 aromatic heterocycles. The molecule has 0 aliphatic carbocycles. The first kappa shape index (κ1) is 21.5. The number of carbonyl (C=O) groups is 1. The first-order valence-electron chi connectivity index (χ1n) is 9.04. The van der Waals surface area contributed by atoms with Gasteiger partial charge in [0.2, 0.25) is 11.0 Å². The minimum Gasteiger partial charge on any atom is -0.300 e. The first-order valence-corrected chi connectivity index (χ1v) is 12.1. The third-order valence-corrected chi connectivity index (χ3v) is 7.32. The van der Waals surface area contributed by atoms with Crippen LogP contribution in [0.4, 0.5) is 5.13 Å². The van der Waals surface area contributed by atoms with E-state index in [-0.39, 0.29) is 12.3 Å². The number of anilines is 1. The van der Waals surface area contributed by atoms with Gasteiger partial charge in [-0.25, -0.2) is 4.98 Å². The molecule has 0 aliphatic heterocycles. The Hall–Kier alpha value is -2.77. The number of nitriles is 1. The molecule has 0 aliphatic rings. The summed E-state index contributed by atoms with van der Waals surface area (Å²) < 4.78 is 0.762. The summed E-state index contributed by atoms with van der Waals surface area (Å²) in [6.07, 6.45) is 0.164. The first-order chi connectivity index (χ1) is 15.1. The van der Waals surface area contributed by atoms with Crippen LogP contribution in [0.2, 0.25) is 5.02 Å². The van der Waals surface area contributed by atoms with E-state index < -0.39 is 0 Å². The summed E-state index contributed by atoms with van der Waals surface area (Å²) in [6, 6.07) is 17.0. The van der Waals surface area contributed by atoms with Gasteiger partial charge in [-0.15, -0.1) is 21.5 Å². The van der Waals surface area contributed by atoms with Gasteiger partial charge in [-0.2, -0.15) is 5.26 Å². The van der Waals surface area contributed by atoms with Crippen LogP contribution in [-0.2, 0) is 17.0 Å². The lowest BCUT2D eigenvalue weighted by molar-refractivity contribution is -0.115. The van der Waals surface area contributed by atoms with Crippen LogP contribution in [-0.4, -0.2) is 21.1 Å². The maximum atomic E-state index is 12.4. The molecule has 1 N–H and O–H groups in total. The number of benzene rings is 2. The SMILES string of the molecule is N#Cc1ccc(CSc2nnc(NC(=O)Cc3csc(-c4ccc(Cl)cc4)n3)s2)cc1. The predicted octanol–water partition coefficient (Wildman–Crippen LogP) is 5.66. The molecule has 0 radical (unpaired) electrons. The molecule has 2 heterocycles. The number of nitrogens with zero attached hydrogens (tertiary/aromatic N) is 4. The maximum Gasteiger partial charge on any atom is 0.232 e. The van der Waals surface area contributed by atoms with Crippen molar-refractivity contribution in [2.75, 3.05) is 5.32 Å². The highest BCUT2D eigenvalue weighted by Gasteiger charge is 2.12. The number of rotatable bonds is 7. The molecule has 10 heteroatoms. The fourth-order valence-electron chi connectivity index (χ4n) is 2.58. The fraction of sp³-hybridized carbons (Fsp3) is 0.0952. The standard InChI is InChI=1S/C21H14ClN5OS3/c22-16-7-5-15(6-8-16)19-24-17(12-29-19)9-18(28)25-20-26-27-21(31-20)30-11-14-3-1-13(10-23)2-4-14/h1-8,12H,9,11H2,(H,25,26,28). The molecule has 6 nitrogen and oxygen atoms in total. The molecule has 0 unspecified atom stereocenters. The van der Waals surface area contributed by atoms with E-state index >= 15 is 0 Å². The lowest BCUT2D eigenvalue weighted by atomic mass is 10.2. The second kappa shape index (κ2) is 10.0. The topological polar surface area (TPSA) is 91.6 Å². The summed E-state index contributed by atoms with van der Waals surface area (Å²) in [5.74, 6) is 0.522. The number of thiazole rings is 1. The van der Waals surface area contributed by atoms with Crippen LogP contribution in [0.5, 0.6) is 0 Å². The van der Waals surface area contributed by atoms with Gasteiger partial charge in [-0.3, -0.25) is 4.79 Å². The zero-order chi connectivity index (χ0) is 21.6. The van der Waals surface area contributed by atoms with E-state index in [1.807, 2.05) is 41.8 Å². The summed E-state index contributed by atoms with van der Waals surface area (Å²) in [5, 5.41) is 23.6. The van der Waals surface area contributed by atoms with Crippen molar-refractivity contribution in [3.05, 3.63) is 75.8 Å². The molecule has 0 spiro atoms. The molecule has 0 fully saturated rings. The van der Waals surface area contributed by atoms with E-state index in [0.717, 1.165) is 20.5 Å². The Bertz CT molecular complexity index is 1230. The van der Waals surface area contributed by atoms with E-state index in [1.165, 1.54) is 34.4 Å². The Labute approximate surface area is 196 Å². The van der Waals surface area contributed by atoms with E-state index in [2.05, 4.69) is 26.6 Å². The van der Waals surface area contributed by atoms with Gasteiger partial charge in [0.1, 0.15) is 5.01 Å². The Morgan fingerprint density at radius 3 is 2.65 bits per heavy atom. The monoisotopic (exact) mass is 483 g/mol. The molecule has 1 amide bonds. The number of thioether (sulfide) groups is 1. The minimum atomic E-state index is -0.187. The molecule has 2 aromatic carbocycles. The third-order valence-electron chi connectivity index (χ3n) is 4.08. The van der Waals surface area contributed by atoms with E-state index in [9.17, 15) is 4.79 Å². The van der Waals surface area contributed by atoms with Crippen LogP contribution < -0.4 is 5.32 Å². The van der Waals surface area contributed by atoms with Crippen LogP contribution in [0.25, 0.3) is 10.6 Å². The Kier molecular flexibility index (Phi) is 6.94. The highest BCUT2D eigenvalue weighted by atomic mass is 35.5. The second-order valence-corrected chi connectivity index (χ2v) is 9.84. The van der Waals surface area contributed by atoms with Gasteiger partial charge in [0.15, 0.2) is 4.34 Å². The van der Waals surface area contributed by atoms with Crippen molar-refractivity contribution in [1.29, 1.82) is 5.26 Å². The molecular formula is C21H14ClN5OS3. The lowest BCUT2D eigenvalue weighted by Gasteiger charge is -1.99. The largest absolute Gasteiger partial charge is 0.300 e. The molecule has 0 atom stereocenters. The maximum absolute atomic E-state index is 12.4. The van der Waals surface area contributed by atoms with Crippen LogP contribution in [0.3, 0.4) is 0 Å². The van der Waals surface area contributed by atoms with Gasteiger partial charge in [0, 0.05) is 21.7 Å². The summed E-state index contributed by atoms with van der Waals surface area (Å²) in [5.41, 5.74) is 3.39. The number of hydrogen-bond donors (Lipinski definition) is 1. The van der Waals surface area contributed by atoms with Crippen molar-refractivity contribution in [1.82, 2.24) is 15.2 Å². The molecule has 4 aromatic rings. The average molecular weight is 484 g/mol. The smallest absolute Gasteiger partial charge is 0.232 e. The number of halogens is 1. The van der Waals surface area contributed by atoms with Gasteiger partial charge >= 0.3 is 0 Å². The third kappa shape index (κ3) is 5.89. The van der Waals surface area contributed by atoms with E-state index in [4.69, 9.17) is 16.9 Å². The summed E-state index contributed by atoms with van der Waals surface area (Å²) >= 11 is 10.3. The number of nitrogens with one attached hydrogen (secondary N) is 1. The normalized spacial score (nSPS) is 10.6. The van der Waals surface area contributed by atoms with Crippen molar-refractivity contribution in [2.45, 2.75) is 16.5 Å². The number of amides is 1. The molecule has 4 rings (SSSR count). The Morgan fingerprint density at radius 2 is 1.90 bits per heavy atom. The summed E-state index contributed by atoms with van der Waals surface area (Å²) in [7, 11) is 0. The van der Waals surface area contributed by atoms with E-state index in [0.29, 0.717) is 27.2 Å². The predicted molar refractivity (Wildman–Crippen MR) is 126 cm³/mol. The van der Waals surface area contributed by atoms with E-state index in [1.54, 1.807) is 12.1 Å². The number of aromatic nitrogens is 3. The van der Waals surface area contributed by atoms with Gasteiger partial charge in [-0.1, -0.05) is 59.0 Å². The number of hydrogen-bond acceptors (Lipinski definition) is 8. The highest BCUT2D eigenvalue weighted by molar-refractivity contribution is 8.00. The van der Waals surface area contributed by atoms with Gasteiger partial charge in [-0.05, 0) is 29.8 Å². The zero-order valence-corrected chi connectivity index (χ0v) is 19.1. The van der Waals surface area contributed by atoms with Gasteiger partial charge < -0.3 is 5.32 Å². The van der Waals surface area contributed by atoms with Crippen molar-refractivity contribution in [3.63, 3.8) is 0 Å². The molecule has 0 saturated heterocycles. The Balaban J connectivity index is 1.30. The molecule has 154 valence electrons. The van der Waals surface area contributed by atoms with Crippen molar-refractivity contribution in [3.8, 4) is 16.6 Å². The number of carbonyl (C=O) groups excluding carboxylic acids is 1. The van der Waals surface area contributed by atoms with Gasteiger partial charge in [0.05, 0.1) is 23.7 Å². The zero-order valence-electron chi connectivity index (χ0n) is 15.9. The Morgan fingerprint density at radius 1 is 1.13 bits per heavy atom. The van der Waals surface area contributed by atoms with Crippen LogP contribution in [0, 0.1) is 11.3 Å². The van der Waals surface area contributed by atoms with Crippen molar-refractivity contribution in [2.24, 2.45) is 0 Å². The van der Waals surface area contributed by atoms with Crippen LogP contribution in [0.1, 0.15) is 16.8 Å². The summed E-state index contributed by atoms with van der Waals surface area (Å²) in [6.45, 7) is 0. The average Bonchev–Trinajstić information content (AvgIpc) is 3.42. The van der Waals surface area contributed by atoms with Crippen LogP contribution >= 0.6 is 46.0 Å². The highest BCUT2D eigenvalue weighted by Crippen LogP contribution is 2.29.